The van der Waals surface area contributed by atoms with Crippen molar-refractivity contribution in [3.8, 4) is 0 Å². The molecular formula is C49H50F3N13O6. The number of piperazine rings is 1. The number of piperidine rings is 2. The molecular weight excluding hydrogens is 924 g/mol. The van der Waals surface area contributed by atoms with Crippen LogP contribution in [0.25, 0.3) is 11.2 Å². The van der Waals surface area contributed by atoms with Gasteiger partial charge in [-0.15, -0.1) is 0 Å². The van der Waals surface area contributed by atoms with E-state index in [9.17, 15) is 41.9 Å². The van der Waals surface area contributed by atoms with E-state index in [1.165, 1.54) is 18.5 Å². The Kier molecular flexibility index (Phi) is 11.9. The zero-order chi connectivity index (χ0) is 49.1. The standard InChI is InChI=1S/C49H50F3N13O6/c50-49(51,52)39-3-1-2-37(58-39)44(67)57-31-20-34(21-31)64-27-55-41-42(53-26-54-43(41)64)56-30-4-6-32(7-5-30)61-18-16-60(17-19-61)23-28-12-14-62(15-13-28)46(69)29-24-63(25-29)33-8-9-35-36(22-33)48(71)65(47(35)70)38-10-11-40(66)59-45(38)68/h1-9,22,26-29,31,34,38H,10-21,23-25H2,(H,57,67)(H,53,54,56)(H,59,66,68)/t31?,34?,38-/m0/s1. The molecule has 0 radical (unpaired) electrons. The first-order chi connectivity index (χ1) is 34.2. The quantitative estimate of drug-likeness (QED) is 0.160. The number of benzene rings is 2. The van der Waals surface area contributed by atoms with E-state index in [1.54, 1.807) is 24.5 Å². The molecule has 11 rings (SSSR count). The summed E-state index contributed by atoms with van der Waals surface area (Å²) < 4.78 is 41.2. The van der Waals surface area contributed by atoms with Crippen molar-refractivity contribution >= 4 is 69.5 Å². The monoisotopic (exact) mass is 973 g/mol. The molecule has 368 valence electrons. The molecule has 19 nitrogen and oxygen atoms in total. The van der Waals surface area contributed by atoms with E-state index in [0.717, 1.165) is 86.7 Å². The number of carbonyl (C=O) groups excluding carboxylic acids is 6. The van der Waals surface area contributed by atoms with Gasteiger partial charge in [0.1, 0.15) is 23.8 Å². The van der Waals surface area contributed by atoms with E-state index in [1.807, 2.05) is 26.5 Å². The highest BCUT2D eigenvalue weighted by atomic mass is 19.4. The van der Waals surface area contributed by atoms with Crippen LogP contribution in [0.1, 0.15) is 81.5 Å². The molecule has 0 bridgehead atoms. The number of nitrogens with zero attached hydrogens (tertiary/aromatic N) is 10. The van der Waals surface area contributed by atoms with Crippen molar-refractivity contribution in [2.45, 2.75) is 62.8 Å². The number of alkyl halides is 3. The molecule has 3 aromatic heterocycles. The highest BCUT2D eigenvalue weighted by Crippen LogP contribution is 2.37. The van der Waals surface area contributed by atoms with Crippen LogP contribution in [0.2, 0.25) is 0 Å². The summed E-state index contributed by atoms with van der Waals surface area (Å²) in [6.45, 7) is 7.17. The molecule has 5 aliphatic heterocycles. The normalized spacial score (nSPS) is 22.3. The van der Waals surface area contributed by atoms with Crippen LogP contribution < -0.4 is 25.8 Å². The van der Waals surface area contributed by atoms with E-state index >= 15 is 0 Å². The second kappa shape index (κ2) is 18.4. The first-order valence-electron chi connectivity index (χ1n) is 24.0. The number of imidazole rings is 1. The van der Waals surface area contributed by atoms with Gasteiger partial charge in [-0.2, -0.15) is 13.2 Å². The fourth-order valence-electron chi connectivity index (χ4n) is 10.7. The first kappa shape index (κ1) is 45.9. The fraction of sp³-hybridized carbons (Fsp3) is 0.429. The van der Waals surface area contributed by atoms with Gasteiger partial charge in [0.25, 0.3) is 17.7 Å². The van der Waals surface area contributed by atoms with Crippen LogP contribution in [0.5, 0.6) is 0 Å². The van der Waals surface area contributed by atoms with Crippen molar-refractivity contribution in [2.24, 2.45) is 11.8 Å². The summed E-state index contributed by atoms with van der Waals surface area (Å²) in [5.41, 5.74) is 3.00. The van der Waals surface area contributed by atoms with Crippen molar-refractivity contribution in [3.63, 3.8) is 0 Å². The number of likely N-dealkylation sites (tertiary alicyclic amines) is 1. The molecule has 6 aliphatic rings. The summed E-state index contributed by atoms with van der Waals surface area (Å²) in [5, 5.41) is 8.38. The summed E-state index contributed by atoms with van der Waals surface area (Å²) in [7, 11) is 0. The van der Waals surface area contributed by atoms with Crippen LogP contribution in [0, 0.1) is 11.8 Å². The van der Waals surface area contributed by atoms with E-state index in [0.29, 0.717) is 48.8 Å². The minimum Gasteiger partial charge on any atom is -0.370 e. The van der Waals surface area contributed by atoms with Gasteiger partial charge in [0.15, 0.2) is 17.0 Å². The number of fused-ring (bicyclic) bond motifs is 2. The van der Waals surface area contributed by atoms with Gasteiger partial charge in [-0.3, -0.25) is 43.9 Å². The molecule has 3 N–H and O–H groups in total. The molecule has 8 heterocycles. The number of pyridine rings is 1. The second-order valence-corrected chi connectivity index (χ2v) is 19.3. The van der Waals surface area contributed by atoms with Crippen molar-refractivity contribution < 1.29 is 41.9 Å². The Morgan fingerprint density at radius 1 is 0.789 bits per heavy atom. The Morgan fingerprint density at radius 3 is 2.25 bits per heavy atom. The van der Waals surface area contributed by atoms with Gasteiger partial charge in [-0.05, 0) is 92.6 Å². The molecule has 2 aromatic carbocycles. The predicted octanol–water partition coefficient (Wildman–Crippen LogP) is 4.02. The third kappa shape index (κ3) is 9.00. The third-order valence-electron chi connectivity index (χ3n) is 14.8. The van der Waals surface area contributed by atoms with Crippen LogP contribution in [0.3, 0.4) is 0 Å². The molecule has 6 amide bonds. The molecule has 71 heavy (non-hydrogen) atoms. The number of nitrogens with one attached hydrogen (secondary N) is 3. The van der Waals surface area contributed by atoms with Crippen molar-refractivity contribution in [1.29, 1.82) is 0 Å². The predicted molar refractivity (Wildman–Crippen MR) is 251 cm³/mol. The third-order valence-corrected chi connectivity index (χ3v) is 14.8. The van der Waals surface area contributed by atoms with E-state index in [4.69, 9.17) is 0 Å². The molecule has 1 aliphatic carbocycles. The number of carbonyl (C=O) groups is 6. The lowest BCUT2D eigenvalue weighted by Crippen LogP contribution is -2.56. The maximum Gasteiger partial charge on any atom is 0.433 e. The zero-order valence-electron chi connectivity index (χ0n) is 38.5. The summed E-state index contributed by atoms with van der Waals surface area (Å²) in [5.74, 6) is -1.74. The summed E-state index contributed by atoms with van der Waals surface area (Å²) in [6.07, 6.45) is 1.69. The number of anilines is 4. The average Bonchev–Trinajstić information content (AvgIpc) is 3.87. The largest absolute Gasteiger partial charge is 0.433 e. The van der Waals surface area contributed by atoms with Crippen LogP contribution in [0.15, 0.2) is 73.3 Å². The van der Waals surface area contributed by atoms with Crippen LogP contribution in [-0.2, 0) is 20.6 Å². The number of halogens is 3. The lowest BCUT2D eigenvalue weighted by atomic mass is 9.86. The maximum absolute atomic E-state index is 13.5. The summed E-state index contributed by atoms with van der Waals surface area (Å²) in [4.78, 5) is 104. The van der Waals surface area contributed by atoms with Gasteiger partial charge in [0.05, 0.1) is 23.4 Å². The van der Waals surface area contributed by atoms with E-state index in [2.05, 4.69) is 57.8 Å². The lowest BCUT2D eigenvalue weighted by molar-refractivity contribution is -0.141. The smallest absolute Gasteiger partial charge is 0.370 e. The zero-order valence-corrected chi connectivity index (χ0v) is 38.5. The molecule has 0 unspecified atom stereocenters. The Hall–Kier alpha value is -7.49. The number of hydrogen-bond acceptors (Lipinski definition) is 14. The topological polar surface area (TPSA) is 211 Å². The number of hydrogen-bond donors (Lipinski definition) is 3. The van der Waals surface area contributed by atoms with Gasteiger partial charge in [-0.25, -0.2) is 19.9 Å². The molecule has 1 atom stereocenters. The van der Waals surface area contributed by atoms with E-state index in [-0.39, 0.29) is 53.6 Å². The van der Waals surface area contributed by atoms with Gasteiger partial charge >= 0.3 is 6.18 Å². The Morgan fingerprint density at radius 2 is 1.52 bits per heavy atom. The molecule has 0 spiro atoms. The number of imide groups is 2. The highest BCUT2D eigenvalue weighted by Gasteiger charge is 2.46. The lowest BCUT2D eigenvalue weighted by Gasteiger charge is -2.44. The fourth-order valence-corrected chi connectivity index (χ4v) is 10.7. The van der Waals surface area contributed by atoms with Gasteiger partial charge in [0, 0.05) is 94.5 Å². The number of amides is 6. The second-order valence-electron chi connectivity index (χ2n) is 19.3. The summed E-state index contributed by atoms with van der Waals surface area (Å²) >= 11 is 0. The minimum atomic E-state index is -4.64. The molecule has 5 aromatic rings. The van der Waals surface area contributed by atoms with Crippen LogP contribution >= 0.6 is 0 Å². The van der Waals surface area contributed by atoms with Gasteiger partial charge in [0.2, 0.25) is 17.7 Å². The van der Waals surface area contributed by atoms with Gasteiger partial charge in [-0.1, -0.05) is 6.07 Å². The Bertz CT molecular complexity index is 2940. The maximum atomic E-state index is 13.5. The van der Waals surface area contributed by atoms with Crippen molar-refractivity contribution in [3.05, 3.63) is 95.8 Å². The highest BCUT2D eigenvalue weighted by molar-refractivity contribution is 6.23. The molecule has 22 heteroatoms. The Balaban J connectivity index is 0.604. The Labute approximate surface area is 404 Å². The minimum absolute atomic E-state index is 0.0138. The van der Waals surface area contributed by atoms with E-state index < -0.39 is 47.4 Å². The van der Waals surface area contributed by atoms with Crippen molar-refractivity contribution in [2.75, 3.05) is 74.0 Å². The summed E-state index contributed by atoms with van der Waals surface area (Å²) in [6, 6.07) is 15.3. The van der Waals surface area contributed by atoms with Gasteiger partial charge < -0.3 is 29.9 Å². The molecule has 4 saturated heterocycles. The number of aromatic nitrogens is 5. The van der Waals surface area contributed by atoms with Crippen LogP contribution in [-0.4, -0.2) is 146 Å². The first-order valence-corrected chi connectivity index (χ1v) is 24.0. The van der Waals surface area contributed by atoms with Crippen LogP contribution in [0.4, 0.5) is 36.1 Å². The average molecular weight is 974 g/mol. The van der Waals surface area contributed by atoms with Crippen molar-refractivity contribution in [1.82, 2.24) is 49.8 Å². The molecule has 5 fully saturated rings. The molecule has 1 saturated carbocycles. The number of rotatable bonds is 11. The SMILES string of the molecule is O=C1CC[C@H](N2C(=O)c3ccc(N4CC(C(=O)N5CCC(CN6CCN(c7ccc(Nc8ncnc9c8ncn9C8CC(NC(=O)c9cccc(C(F)(F)F)n9)C8)cc7)CC6)CC5)C4)cc3C2=O)C(=O)N1.